The van der Waals surface area contributed by atoms with Crippen LogP contribution in [-0.2, 0) is 9.13 Å². The maximum Gasteiger partial charge on any atom is 0.186 e. The van der Waals surface area contributed by atoms with E-state index in [-0.39, 0.29) is 45.2 Å². The SMILES string of the molecule is C.C[PH](=O)O.C[PH](=O)O.[Ca]. The second-order valence-electron chi connectivity index (χ2n) is 1.04. The quantitative estimate of drug-likeness (QED) is 0.454. The van der Waals surface area contributed by atoms with Gasteiger partial charge in [0.1, 0.15) is 0 Å². The summed E-state index contributed by atoms with van der Waals surface area (Å²) in [6.07, 6.45) is 0. The average Bonchev–Trinajstić information content (AvgIpc) is 1.25. The van der Waals surface area contributed by atoms with E-state index >= 15 is 0 Å². The van der Waals surface area contributed by atoms with E-state index in [0.29, 0.717) is 0 Å². The van der Waals surface area contributed by atoms with Crippen molar-refractivity contribution in [3.63, 3.8) is 0 Å². The maximum atomic E-state index is 9.19. The molecule has 62 valence electrons. The predicted octanol–water partition coefficient (Wildman–Crippen LogP) is 0.422. The third-order valence-corrected chi connectivity index (χ3v) is 0. The zero-order valence-electron chi connectivity index (χ0n) is 5.42. The Hall–Kier alpha value is 1.64. The molecule has 0 aromatic heterocycles. The number of hydrogen-bond acceptors (Lipinski definition) is 2. The molecule has 0 rings (SSSR count). The monoisotopic (exact) mass is 216 g/mol. The van der Waals surface area contributed by atoms with E-state index in [9.17, 15) is 9.13 Å². The molecule has 2 N–H and O–H groups in total. The van der Waals surface area contributed by atoms with Crippen LogP contribution in [0, 0.1) is 0 Å². The third kappa shape index (κ3) is 268. The van der Waals surface area contributed by atoms with Crippen molar-refractivity contribution >= 4 is 53.8 Å². The van der Waals surface area contributed by atoms with E-state index in [1.165, 1.54) is 13.3 Å². The summed E-state index contributed by atoms with van der Waals surface area (Å²) >= 11 is 0. The fraction of sp³-hybridized carbons (Fsp3) is 1.00. The molecule has 2 unspecified atom stereocenters. The van der Waals surface area contributed by atoms with Gasteiger partial charge in [0.2, 0.25) is 0 Å². The fourth-order valence-corrected chi connectivity index (χ4v) is 0. The van der Waals surface area contributed by atoms with Crippen molar-refractivity contribution in [1.29, 1.82) is 0 Å². The zero-order valence-corrected chi connectivity index (χ0v) is 9.63. The molecule has 0 aromatic carbocycles. The van der Waals surface area contributed by atoms with Crippen LogP contribution < -0.4 is 0 Å². The van der Waals surface area contributed by atoms with E-state index in [1.54, 1.807) is 0 Å². The molecular formula is C3H14CaO4P2. The Balaban J connectivity index is -0.0000000300. The van der Waals surface area contributed by atoms with Gasteiger partial charge in [0, 0.05) is 51.1 Å². The number of rotatable bonds is 0. The largest absolute Gasteiger partial charge is 0.346 e. The van der Waals surface area contributed by atoms with Crippen molar-refractivity contribution in [2.45, 2.75) is 7.43 Å². The summed E-state index contributed by atoms with van der Waals surface area (Å²) < 4.78 is 18.4. The number of hydrogen-bond donors (Lipinski definition) is 2. The van der Waals surface area contributed by atoms with Crippen molar-refractivity contribution < 1.29 is 18.9 Å². The van der Waals surface area contributed by atoms with Gasteiger partial charge in [-0.2, -0.15) is 0 Å². The van der Waals surface area contributed by atoms with Gasteiger partial charge in [0.25, 0.3) is 0 Å². The van der Waals surface area contributed by atoms with Crippen LogP contribution in [-0.4, -0.2) is 60.9 Å². The molecule has 0 aliphatic carbocycles. The summed E-state index contributed by atoms with van der Waals surface area (Å²) in [4.78, 5) is 15.2. The minimum absolute atomic E-state index is 0. The van der Waals surface area contributed by atoms with Gasteiger partial charge < -0.3 is 9.79 Å². The summed E-state index contributed by atoms with van der Waals surface area (Å²) in [6.45, 7) is 2.54. The van der Waals surface area contributed by atoms with E-state index in [1.807, 2.05) is 0 Å². The van der Waals surface area contributed by atoms with Crippen molar-refractivity contribution in [3.8, 4) is 0 Å². The molecule has 0 aliphatic heterocycles. The van der Waals surface area contributed by atoms with Crippen molar-refractivity contribution in [3.05, 3.63) is 0 Å². The molecule has 0 heterocycles. The molecule has 10 heavy (non-hydrogen) atoms. The fourth-order valence-electron chi connectivity index (χ4n) is 0. The van der Waals surface area contributed by atoms with Crippen LogP contribution in [0.15, 0.2) is 0 Å². The normalized spacial score (nSPS) is 12.4. The van der Waals surface area contributed by atoms with E-state index in [2.05, 4.69) is 0 Å². The summed E-state index contributed by atoms with van der Waals surface area (Å²) in [5, 5.41) is 0. The Labute approximate surface area is 92.8 Å². The molecule has 0 bridgehead atoms. The Kier molecular flexibility index (Phi) is 38.2. The van der Waals surface area contributed by atoms with Crippen LogP contribution in [0.2, 0.25) is 0 Å². The van der Waals surface area contributed by atoms with E-state index < -0.39 is 16.1 Å². The molecule has 0 fully saturated rings. The molecule has 4 nitrogen and oxygen atoms in total. The molecule has 0 aliphatic rings. The van der Waals surface area contributed by atoms with Gasteiger partial charge in [-0.3, -0.25) is 9.13 Å². The topological polar surface area (TPSA) is 74.6 Å². The Morgan fingerprint density at radius 1 is 1.00 bits per heavy atom. The molecule has 0 saturated carbocycles. The third-order valence-electron chi connectivity index (χ3n) is 0. The summed E-state index contributed by atoms with van der Waals surface area (Å²) in [6, 6.07) is 0. The Morgan fingerprint density at radius 2 is 1.00 bits per heavy atom. The predicted molar refractivity (Wildman–Crippen MR) is 46.8 cm³/mol. The summed E-state index contributed by atoms with van der Waals surface area (Å²) in [5.41, 5.74) is 0. The van der Waals surface area contributed by atoms with Gasteiger partial charge in [0.05, 0.1) is 0 Å². The molecule has 7 heteroatoms. The first-order valence-electron chi connectivity index (χ1n) is 1.86. The van der Waals surface area contributed by atoms with E-state index in [4.69, 9.17) is 9.79 Å². The van der Waals surface area contributed by atoms with Crippen LogP contribution in [0.25, 0.3) is 0 Å². The second-order valence-corrected chi connectivity index (χ2v) is 3.11. The maximum absolute atomic E-state index is 9.19. The standard InChI is InChI=1S/2CH5O2P.CH4.Ca/c2*1-4(2)3;;/h2*4H,1H3,(H,2,3);1H4;. The average molecular weight is 216 g/mol. The second kappa shape index (κ2) is 16.9. The van der Waals surface area contributed by atoms with Crippen LogP contribution in [0.5, 0.6) is 0 Å². The first-order chi connectivity index (χ1) is 3.46. The van der Waals surface area contributed by atoms with Gasteiger partial charge in [-0.1, -0.05) is 7.43 Å². The summed E-state index contributed by atoms with van der Waals surface area (Å²) in [5.74, 6) is 0. The van der Waals surface area contributed by atoms with Crippen LogP contribution in [0.1, 0.15) is 7.43 Å². The molecule has 0 saturated heterocycles. The molecule has 0 amide bonds. The molecule has 0 aromatic rings. The summed E-state index contributed by atoms with van der Waals surface area (Å²) in [7, 11) is -4.26. The molecule has 2 atom stereocenters. The minimum atomic E-state index is -2.13. The van der Waals surface area contributed by atoms with Crippen LogP contribution >= 0.6 is 16.1 Å². The molecule has 0 spiro atoms. The smallest absolute Gasteiger partial charge is 0.186 e. The van der Waals surface area contributed by atoms with Crippen LogP contribution in [0.3, 0.4) is 0 Å². The molecular weight excluding hydrogens is 202 g/mol. The van der Waals surface area contributed by atoms with Gasteiger partial charge in [-0.25, -0.2) is 0 Å². The zero-order chi connectivity index (χ0) is 7.15. The first-order valence-corrected chi connectivity index (χ1v) is 5.57. The van der Waals surface area contributed by atoms with Crippen molar-refractivity contribution in [2.75, 3.05) is 13.3 Å². The van der Waals surface area contributed by atoms with Gasteiger partial charge in [-0.05, 0) is 0 Å². The first kappa shape index (κ1) is 22.6. The minimum Gasteiger partial charge on any atom is -0.346 e. The van der Waals surface area contributed by atoms with E-state index in [0.717, 1.165) is 0 Å². The van der Waals surface area contributed by atoms with Crippen LogP contribution in [0.4, 0.5) is 0 Å². The van der Waals surface area contributed by atoms with Gasteiger partial charge >= 0.3 is 0 Å². The van der Waals surface area contributed by atoms with Gasteiger partial charge in [0.15, 0.2) is 16.1 Å². The van der Waals surface area contributed by atoms with Gasteiger partial charge in [-0.15, -0.1) is 0 Å². The van der Waals surface area contributed by atoms with Crippen molar-refractivity contribution in [1.82, 2.24) is 0 Å². The molecule has 2 radical (unpaired) electrons. The van der Waals surface area contributed by atoms with Crippen molar-refractivity contribution in [2.24, 2.45) is 0 Å². The Bertz CT molecular complexity index is 76.5. The Morgan fingerprint density at radius 3 is 1.00 bits per heavy atom.